The van der Waals surface area contributed by atoms with Gasteiger partial charge in [0.2, 0.25) is 5.91 Å². The quantitative estimate of drug-likeness (QED) is 0.623. The fraction of sp³-hybridized carbons (Fsp3) is 0.238. The van der Waals surface area contributed by atoms with E-state index < -0.39 is 0 Å². The Morgan fingerprint density at radius 3 is 2.54 bits per heavy atom. The molecule has 5 nitrogen and oxygen atoms in total. The van der Waals surface area contributed by atoms with Crippen LogP contribution in [0.3, 0.4) is 0 Å². The highest BCUT2D eigenvalue weighted by Crippen LogP contribution is 2.25. The molecule has 0 atom stereocenters. The van der Waals surface area contributed by atoms with Gasteiger partial charge in [0.05, 0.1) is 28.6 Å². The summed E-state index contributed by atoms with van der Waals surface area (Å²) >= 11 is 12.0. The summed E-state index contributed by atoms with van der Waals surface area (Å²) in [5.41, 5.74) is 4.70. The van der Waals surface area contributed by atoms with Gasteiger partial charge in [-0.3, -0.25) is 9.69 Å². The van der Waals surface area contributed by atoms with Crippen LogP contribution in [0.4, 0.5) is 5.69 Å². The molecule has 28 heavy (non-hydrogen) atoms. The number of hydrogen-bond acceptors (Lipinski definition) is 3. The van der Waals surface area contributed by atoms with Crippen molar-refractivity contribution in [3.63, 3.8) is 0 Å². The highest BCUT2D eigenvalue weighted by atomic mass is 35.5. The Kier molecular flexibility index (Phi) is 6.39. The van der Waals surface area contributed by atoms with E-state index in [2.05, 4.69) is 10.4 Å². The standard InChI is InChI=1S/C21H22Cl2N4O/c1-14-18(15(2)27(25-14)17-7-5-4-6-8-17)12-26(3)13-21(28)24-20-10-9-16(22)11-19(20)23/h4-11H,12-13H2,1-3H3,(H,24,28). The van der Waals surface area contributed by atoms with Gasteiger partial charge < -0.3 is 5.32 Å². The second-order valence-corrected chi connectivity index (χ2v) is 7.58. The molecule has 0 saturated heterocycles. The van der Waals surface area contributed by atoms with Gasteiger partial charge in [-0.1, -0.05) is 41.4 Å². The number of amides is 1. The van der Waals surface area contributed by atoms with Crippen LogP contribution in [-0.4, -0.2) is 34.2 Å². The van der Waals surface area contributed by atoms with Crippen molar-refractivity contribution in [1.29, 1.82) is 0 Å². The normalized spacial score (nSPS) is 11.1. The Bertz CT molecular complexity index is 986. The Labute approximate surface area is 174 Å². The number of benzene rings is 2. The second-order valence-electron chi connectivity index (χ2n) is 6.74. The lowest BCUT2D eigenvalue weighted by Gasteiger charge is -2.17. The van der Waals surface area contributed by atoms with Crippen LogP contribution in [0.25, 0.3) is 5.69 Å². The molecule has 0 spiro atoms. The van der Waals surface area contributed by atoms with E-state index in [1.54, 1.807) is 18.2 Å². The van der Waals surface area contributed by atoms with Gasteiger partial charge in [-0.25, -0.2) is 4.68 Å². The number of halogens is 2. The van der Waals surface area contributed by atoms with Crippen LogP contribution in [0, 0.1) is 13.8 Å². The number of likely N-dealkylation sites (N-methyl/N-ethyl adjacent to an activating group) is 1. The number of hydrogen-bond donors (Lipinski definition) is 1. The Morgan fingerprint density at radius 2 is 1.86 bits per heavy atom. The van der Waals surface area contributed by atoms with Crippen molar-refractivity contribution in [2.75, 3.05) is 18.9 Å². The molecule has 0 aliphatic carbocycles. The number of aryl methyl sites for hydroxylation is 1. The molecule has 2 aromatic carbocycles. The Balaban J connectivity index is 1.67. The van der Waals surface area contributed by atoms with Crippen LogP contribution in [0.2, 0.25) is 10.0 Å². The van der Waals surface area contributed by atoms with E-state index >= 15 is 0 Å². The van der Waals surface area contributed by atoms with Crippen molar-refractivity contribution >= 4 is 34.8 Å². The van der Waals surface area contributed by atoms with E-state index in [-0.39, 0.29) is 12.5 Å². The van der Waals surface area contributed by atoms with E-state index in [1.807, 2.05) is 60.8 Å². The predicted molar refractivity (Wildman–Crippen MR) is 114 cm³/mol. The zero-order valence-corrected chi connectivity index (χ0v) is 17.6. The first-order valence-corrected chi connectivity index (χ1v) is 9.64. The molecule has 1 aromatic heterocycles. The number of carbonyl (C=O) groups is 1. The fourth-order valence-electron chi connectivity index (χ4n) is 3.08. The Morgan fingerprint density at radius 1 is 1.14 bits per heavy atom. The first-order chi connectivity index (χ1) is 13.3. The molecule has 146 valence electrons. The van der Waals surface area contributed by atoms with Gasteiger partial charge >= 0.3 is 0 Å². The highest BCUT2D eigenvalue weighted by molar-refractivity contribution is 6.36. The monoisotopic (exact) mass is 416 g/mol. The van der Waals surface area contributed by atoms with Crippen molar-refractivity contribution in [3.05, 3.63) is 75.5 Å². The van der Waals surface area contributed by atoms with Crippen molar-refractivity contribution in [2.24, 2.45) is 0 Å². The molecule has 0 aliphatic rings. The van der Waals surface area contributed by atoms with Crippen molar-refractivity contribution < 1.29 is 4.79 Å². The minimum Gasteiger partial charge on any atom is -0.324 e. The van der Waals surface area contributed by atoms with Crippen LogP contribution in [0.5, 0.6) is 0 Å². The third-order valence-electron chi connectivity index (χ3n) is 4.49. The highest BCUT2D eigenvalue weighted by Gasteiger charge is 2.16. The smallest absolute Gasteiger partial charge is 0.238 e. The van der Waals surface area contributed by atoms with Gasteiger partial charge in [-0.05, 0) is 51.2 Å². The maximum Gasteiger partial charge on any atom is 0.238 e. The van der Waals surface area contributed by atoms with Gasteiger partial charge in [0.25, 0.3) is 0 Å². The number of rotatable bonds is 6. The third-order valence-corrected chi connectivity index (χ3v) is 5.04. The summed E-state index contributed by atoms with van der Waals surface area (Å²) < 4.78 is 1.94. The Hall–Kier alpha value is -2.34. The van der Waals surface area contributed by atoms with Gasteiger partial charge in [0.15, 0.2) is 0 Å². The molecule has 7 heteroatoms. The molecule has 0 fully saturated rings. The minimum absolute atomic E-state index is 0.141. The fourth-order valence-corrected chi connectivity index (χ4v) is 3.53. The summed E-state index contributed by atoms with van der Waals surface area (Å²) in [4.78, 5) is 14.3. The van der Waals surface area contributed by atoms with Crippen LogP contribution in [0.1, 0.15) is 17.0 Å². The largest absolute Gasteiger partial charge is 0.324 e. The van der Waals surface area contributed by atoms with E-state index in [4.69, 9.17) is 23.2 Å². The first-order valence-electron chi connectivity index (χ1n) is 8.89. The molecule has 0 aliphatic heterocycles. The van der Waals surface area contributed by atoms with Crippen LogP contribution in [-0.2, 0) is 11.3 Å². The molecule has 1 heterocycles. The lowest BCUT2D eigenvalue weighted by atomic mass is 10.2. The molecule has 3 aromatic rings. The topological polar surface area (TPSA) is 50.2 Å². The number of carbonyl (C=O) groups excluding carboxylic acids is 1. The molecule has 0 radical (unpaired) electrons. The summed E-state index contributed by atoms with van der Waals surface area (Å²) in [5, 5.41) is 8.43. The molecule has 0 unspecified atom stereocenters. The number of nitrogens with zero attached hydrogens (tertiary/aromatic N) is 3. The van der Waals surface area contributed by atoms with Crippen molar-refractivity contribution in [3.8, 4) is 5.69 Å². The number of aromatic nitrogens is 2. The van der Waals surface area contributed by atoms with Crippen molar-refractivity contribution in [1.82, 2.24) is 14.7 Å². The number of para-hydroxylation sites is 1. The number of nitrogens with one attached hydrogen (secondary N) is 1. The molecule has 1 amide bonds. The van der Waals surface area contributed by atoms with Crippen LogP contribution >= 0.6 is 23.2 Å². The second kappa shape index (κ2) is 8.78. The molecular formula is C21H22Cl2N4O. The number of anilines is 1. The molecule has 3 rings (SSSR count). The first kappa shape index (κ1) is 20.4. The van der Waals surface area contributed by atoms with E-state index in [0.29, 0.717) is 22.3 Å². The summed E-state index contributed by atoms with van der Waals surface area (Å²) in [6.45, 7) is 4.88. The maximum atomic E-state index is 12.4. The van der Waals surface area contributed by atoms with Crippen LogP contribution < -0.4 is 5.32 Å². The molecule has 0 saturated carbocycles. The van der Waals surface area contributed by atoms with Gasteiger partial charge in [-0.15, -0.1) is 0 Å². The summed E-state index contributed by atoms with van der Waals surface area (Å²) in [6.07, 6.45) is 0. The molecule has 1 N–H and O–H groups in total. The van der Waals surface area contributed by atoms with Crippen LogP contribution in [0.15, 0.2) is 48.5 Å². The van der Waals surface area contributed by atoms with E-state index in [9.17, 15) is 4.79 Å². The summed E-state index contributed by atoms with van der Waals surface area (Å²) in [6, 6.07) is 15.0. The lowest BCUT2D eigenvalue weighted by molar-refractivity contribution is -0.117. The average molecular weight is 417 g/mol. The minimum atomic E-state index is -0.141. The maximum absolute atomic E-state index is 12.4. The average Bonchev–Trinajstić information content (AvgIpc) is 2.93. The van der Waals surface area contributed by atoms with Gasteiger partial charge in [-0.2, -0.15) is 5.10 Å². The molecular weight excluding hydrogens is 395 g/mol. The third kappa shape index (κ3) is 4.73. The zero-order valence-electron chi connectivity index (χ0n) is 16.0. The zero-order chi connectivity index (χ0) is 20.3. The van der Waals surface area contributed by atoms with Crippen molar-refractivity contribution in [2.45, 2.75) is 20.4 Å². The lowest BCUT2D eigenvalue weighted by Crippen LogP contribution is -2.30. The van der Waals surface area contributed by atoms with Gasteiger partial charge in [0.1, 0.15) is 0 Å². The predicted octanol–water partition coefficient (Wildman–Crippen LogP) is 4.87. The van der Waals surface area contributed by atoms with E-state index in [0.717, 1.165) is 22.6 Å². The molecule has 0 bridgehead atoms. The van der Waals surface area contributed by atoms with Gasteiger partial charge in [0, 0.05) is 22.8 Å². The SMILES string of the molecule is Cc1nn(-c2ccccc2)c(C)c1CN(C)CC(=O)Nc1ccc(Cl)cc1Cl. The van der Waals surface area contributed by atoms with E-state index in [1.165, 1.54) is 0 Å². The summed E-state index contributed by atoms with van der Waals surface area (Å²) in [5.74, 6) is -0.141. The summed E-state index contributed by atoms with van der Waals surface area (Å²) in [7, 11) is 1.90.